The number of amides is 2. The fraction of sp³-hybridized carbons (Fsp3) is 0.471. The van der Waals surface area contributed by atoms with Crippen molar-refractivity contribution in [1.29, 1.82) is 0 Å². The number of nitrogens with one attached hydrogen (secondary N) is 2. The fourth-order valence-electron chi connectivity index (χ4n) is 2.74. The largest absolute Gasteiger partial charge is 0.496 e. The first-order valence-electron chi connectivity index (χ1n) is 8.08. The summed E-state index contributed by atoms with van der Waals surface area (Å²) in [5.41, 5.74) is 4.59. The van der Waals surface area contributed by atoms with Gasteiger partial charge in [0.05, 0.1) is 12.7 Å². The van der Waals surface area contributed by atoms with E-state index in [0.717, 1.165) is 25.7 Å². The minimum absolute atomic E-state index is 0.175. The van der Waals surface area contributed by atoms with Crippen LogP contribution in [0.4, 0.5) is 0 Å². The van der Waals surface area contributed by atoms with Gasteiger partial charge in [-0.05, 0) is 37.0 Å². The first kappa shape index (κ1) is 19.1. The summed E-state index contributed by atoms with van der Waals surface area (Å²) in [7, 11) is 1.42. The Labute approximate surface area is 151 Å². The average molecular weight is 369 g/mol. The summed E-state index contributed by atoms with van der Waals surface area (Å²) >= 11 is 5.85. The maximum Gasteiger partial charge on any atom is 0.306 e. The molecule has 1 aliphatic rings. The lowest BCUT2D eigenvalue weighted by atomic mass is 10.1. The highest BCUT2D eigenvalue weighted by atomic mass is 35.5. The van der Waals surface area contributed by atoms with Crippen LogP contribution < -0.4 is 15.6 Å². The van der Waals surface area contributed by atoms with E-state index in [1.54, 1.807) is 12.1 Å². The Kier molecular flexibility index (Phi) is 7.06. The van der Waals surface area contributed by atoms with Crippen LogP contribution >= 0.6 is 11.6 Å². The van der Waals surface area contributed by atoms with Gasteiger partial charge in [0.1, 0.15) is 5.75 Å². The molecule has 2 N–H and O–H groups in total. The Morgan fingerprint density at radius 3 is 2.60 bits per heavy atom. The van der Waals surface area contributed by atoms with Crippen molar-refractivity contribution >= 4 is 29.4 Å². The number of carbonyl (C=O) groups is 3. The van der Waals surface area contributed by atoms with E-state index in [-0.39, 0.29) is 5.56 Å². The molecule has 0 spiro atoms. The molecule has 2 amide bonds. The van der Waals surface area contributed by atoms with Crippen molar-refractivity contribution in [2.75, 3.05) is 13.7 Å². The zero-order chi connectivity index (χ0) is 18.2. The molecule has 2 rings (SSSR count). The van der Waals surface area contributed by atoms with Gasteiger partial charge in [0.25, 0.3) is 11.8 Å². The van der Waals surface area contributed by atoms with Gasteiger partial charge in [-0.15, -0.1) is 0 Å². The van der Waals surface area contributed by atoms with Crippen LogP contribution in [0.25, 0.3) is 0 Å². The molecule has 0 unspecified atom stereocenters. The van der Waals surface area contributed by atoms with E-state index in [9.17, 15) is 14.4 Å². The van der Waals surface area contributed by atoms with E-state index < -0.39 is 24.4 Å². The number of hydrogen-bond donors (Lipinski definition) is 2. The topological polar surface area (TPSA) is 93.7 Å². The smallest absolute Gasteiger partial charge is 0.306 e. The van der Waals surface area contributed by atoms with Gasteiger partial charge in [-0.25, -0.2) is 0 Å². The number of rotatable bonds is 6. The van der Waals surface area contributed by atoms with E-state index in [2.05, 4.69) is 10.9 Å². The van der Waals surface area contributed by atoms with Crippen molar-refractivity contribution in [2.45, 2.75) is 32.1 Å². The van der Waals surface area contributed by atoms with Gasteiger partial charge in [0.15, 0.2) is 6.61 Å². The second kappa shape index (κ2) is 9.27. The quantitative estimate of drug-likeness (QED) is 0.593. The molecule has 0 aromatic heterocycles. The number of carbonyl (C=O) groups excluding carboxylic acids is 3. The molecule has 0 bridgehead atoms. The van der Waals surface area contributed by atoms with Crippen molar-refractivity contribution < 1.29 is 23.9 Å². The third-order valence-corrected chi connectivity index (χ3v) is 4.25. The molecule has 25 heavy (non-hydrogen) atoms. The zero-order valence-electron chi connectivity index (χ0n) is 14.0. The van der Waals surface area contributed by atoms with E-state index in [1.807, 2.05) is 0 Å². The highest BCUT2D eigenvalue weighted by molar-refractivity contribution is 6.31. The Morgan fingerprint density at radius 1 is 1.20 bits per heavy atom. The van der Waals surface area contributed by atoms with Gasteiger partial charge in [-0.1, -0.05) is 24.4 Å². The second-order valence-electron chi connectivity index (χ2n) is 5.86. The number of benzene rings is 1. The highest BCUT2D eigenvalue weighted by Gasteiger charge is 2.20. The van der Waals surface area contributed by atoms with Crippen molar-refractivity contribution in [1.82, 2.24) is 10.9 Å². The third kappa shape index (κ3) is 5.94. The van der Waals surface area contributed by atoms with E-state index >= 15 is 0 Å². The molecule has 7 nitrogen and oxygen atoms in total. The van der Waals surface area contributed by atoms with Crippen molar-refractivity contribution in [3.63, 3.8) is 0 Å². The van der Waals surface area contributed by atoms with Crippen molar-refractivity contribution in [2.24, 2.45) is 5.92 Å². The number of ether oxygens (including phenoxy) is 2. The van der Waals surface area contributed by atoms with Crippen LogP contribution in [-0.4, -0.2) is 31.5 Å². The van der Waals surface area contributed by atoms with Gasteiger partial charge in [-0.3, -0.25) is 25.2 Å². The average Bonchev–Trinajstić information content (AvgIpc) is 3.10. The predicted molar refractivity (Wildman–Crippen MR) is 91.1 cm³/mol. The molecular formula is C17H21ClN2O5. The summed E-state index contributed by atoms with van der Waals surface area (Å²) in [5, 5.41) is 0.359. The molecule has 0 atom stereocenters. The summed E-state index contributed by atoms with van der Waals surface area (Å²) in [5.74, 6) is -0.950. The van der Waals surface area contributed by atoms with Crippen LogP contribution in [0.3, 0.4) is 0 Å². The molecule has 1 aromatic carbocycles. The summed E-state index contributed by atoms with van der Waals surface area (Å²) in [6, 6.07) is 4.55. The standard InChI is InChI=1S/C17H21ClN2O5/c1-24-14-7-6-12(18)9-13(14)17(23)20-19-15(21)10-25-16(22)8-11-4-2-3-5-11/h6-7,9,11H,2-5,8,10H2,1H3,(H,19,21)(H,20,23). The summed E-state index contributed by atoms with van der Waals surface area (Å²) in [6.45, 7) is -0.446. The number of methoxy groups -OCH3 is 1. The second-order valence-corrected chi connectivity index (χ2v) is 6.30. The molecular weight excluding hydrogens is 348 g/mol. The van der Waals surface area contributed by atoms with Gasteiger partial charge in [0.2, 0.25) is 0 Å². The normalized spacial score (nSPS) is 14.0. The minimum Gasteiger partial charge on any atom is -0.496 e. The highest BCUT2D eigenvalue weighted by Crippen LogP contribution is 2.27. The number of esters is 1. The first-order valence-corrected chi connectivity index (χ1v) is 8.45. The van der Waals surface area contributed by atoms with Crippen molar-refractivity contribution in [3.8, 4) is 5.75 Å². The maximum atomic E-state index is 12.1. The number of halogens is 1. The Bertz CT molecular complexity index is 644. The lowest BCUT2D eigenvalue weighted by Crippen LogP contribution is -2.43. The summed E-state index contributed by atoms with van der Waals surface area (Å²) < 4.78 is 9.99. The zero-order valence-corrected chi connectivity index (χ0v) is 14.7. The van der Waals surface area contributed by atoms with Crippen molar-refractivity contribution in [3.05, 3.63) is 28.8 Å². The molecule has 136 valence electrons. The first-order chi connectivity index (χ1) is 12.0. The van der Waals surface area contributed by atoms with E-state index in [0.29, 0.717) is 23.1 Å². The fourth-order valence-corrected chi connectivity index (χ4v) is 2.91. The maximum absolute atomic E-state index is 12.1. The molecule has 8 heteroatoms. The monoisotopic (exact) mass is 368 g/mol. The van der Waals surface area contributed by atoms with Gasteiger partial charge in [-0.2, -0.15) is 0 Å². The summed E-state index contributed by atoms with van der Waals surface area (Å²) in [6.07, 6.45) is 4.66. The minimum atomic E-state index is -0.630. The van der Waals surface area contributed by atoms with Gasteiger partial charge < -0.3 is 9.47 Å². The molecule has 0 radical (unpaired) electrons. The molecule has 0 aliphatic heterocycles. The van der Waals surface area contributed by atoms with Crippen LogP contribution in [0.5, 0.6) is 5.75 Å². The summed E-state index contributed by atoms with van der Waals surface area (Å²) in [4.78, 5) is 35.4. The molecule has 1 aliphatic carbocycles. The van der Waals surface area contributed by atoms with Crippen LogP contribution in [0, 0.1) is 5.92 Å². The molecule has 0 saturated heterocycles. The number of hydrogen-bond acceptors (Lipinski definition) is 5. The van der Waals surface area contributed by atoms with Crippen LogP contribution in [0.1, 0.15) is 42.5 Å². The van der Waals surface area contributed by atoms with E-state index in [4.69, 9.17) is 21.1 Å². The Hall–Kier alpha value is -2.28. The Morgan fingerprint density at radius 2 is 1.92 bits per heavy atom. The molecule has 0 heterocycles. The molecule has 1 saturated carbocycles. The molecule has 1 fully saturated rings. The van der Waals surface area contributed by atoms with Gasteiger partial charge >= 0.3 is 5.97 Å². The lowest BCUT2D eigenvalue weighted by Gasteiger charge is -2.11. The lowest BCUT2D eigenvalue weighted by molar-refractivity contribution is -0.149. The van der Waals surface area contributed by atoms with E-state index in [1.165, 1.54) is 13.2 Å². The number of hydrazine groups is 1. The third-order valence-electron chi connectivity index (χ3n) is 4.02. The van der Waals surface area contributed by atoms with Crippen LogP contribution in [0.2, 0.25) is 5.02 Å². The SMILES string of the molecule is COc1ccc(Cl)cc1C(=O)NNC(=O)COC(=O)CC1CCCC1. The van der Waals surface area contributed by atoms with Gasteiger partial charge in [0, 0.05) is 11.4 Å². The predicted octanol–water partition coefficient (Wildman–Crippen LogP) is 2.23. The molecule has 1 aromatic rings. The Balaban J connectivity index is 1.74. The van der Waals surface area contributed by atoms with Crippen LogP contribution in [0.15, 0.2) is 18.2 Å². The van der Waals surface area contributed by atoms with Crippen LogP contribution in [-0.2, 0) is 14.3 Å².